The highest BCUT2D eigenvalue weighted by molar-refractivity contribution is 7.99. The van der Waals surface area contributed by atoms with Crippen LogP contribution in [-0.2, 0) is 9.53 Å². The molecule has 0 aliphatic heterocycles. The molecule has 0 atom stereocenters. The van der Waals surface area contributed by atoms with Gasteiger partial charge in [0.1, 0.15) is 5.00 Å². The van der Waals surface area contributed by atoms with E-state index in [4.69, 9.17) is 4.74 Å². The van der Waals surface area contributed by atoms with Gasteiger partial charge in [0.2, 0.25) is 5.91 Å². The molecular formula is C25H23N5O5S2. The fourth-order valence-corrected chi connectivity index (χ4v) is 5.37. The highest BCUT2D eigenvalue weighted by Crippen LogP contribution is 2.34. The molecule has 0 fully saturated rings. The van der Waals surface area contributed by atoms with Crippen LogP contribution in [0.1, 0.15) is 27.7 Å². The van der Waals surface area contributed by atoms with E-state index in [0.29, 0.717) is 27.1 Å². The van der Waals surface area contributed by atoms with Gasteiger partial charge >= 0.3 is 5.97 Å². The Balaban J connectivity index is 1.58. The molecule has 2 aromatic carbocycles. The third-order valence-corrected chi connectivity index (χ3v) is 7.49. The van der Waals surface area contributed by atoms with Crippen LogP contribution in [0.15, 0.2) is 59.8 Å². The molecule has 37 heavy (non-hydrogen) atoms. The Kier molecular flexibility index (Phi) is 7.99. The van der Waals surface area contributed by atoms with Gasteiger partial charge in [0.25, 0.3) is 5.69 Å². The van der Waals surface area contributed by atoms with Crippen molar-refractivity contribution in [2.24, 2.45) is 0 Å². The van der Waals surface area contributed by atoms with Gasteiger partial charge in [-0.1, -0.05) is 30.0 Å². The molecule has 0 spiro atoms. The molecule has 10 nitrogen and oxygen atoms in total. The number of non-ortho nitro benzene ring substituents is 1. The van der Waals surface area contributed by atoms with E-state index < -0.39 is 10.9 Å². The van der Waals surface area contributed by atoms with Crippen LogP contribution in [0.5, 0.6) is 0 Å². The molecule has 0 bridgehead atoms. The average molecular weight is 538 g/mol. The van der Waals surface area contributed by atoms with Crippen LogP contribution in [0.25, 0.3) is 17.1 Å². The summed E-state index contributed by atoms with van der Waals surface area (Å²) in [4.78, 5) is 36.8. The first-order valence-corrected chi connectivity index (χ1v) is 13.1. The van der Waals surface area contributed by atoms with Crippen LogP contribution in [0.2, 0.25) is 0 Å². The third-order valence-electron chi connectivity index (χ3n) is 5.43. The van der Waals surface area contributed by atoms with Gasteiger partial charge in [0.15, 0.2) is 11.0 Å². The van der Waals surface area contributed by atoms with Crippen molar-refractivity contribution in [3.05, 3.63) is 80.7 Å². The standard InChI is InChI=1S/C25H23N5O5S2/c1-4-35-24(32)21-15(2)16(3)37-23(21)26-20(31)14-36-25-28-27-22(29(25)18-8-6-5-7-9-18)17-10-12-19(13-11-17)30(33)34/h5-13H,4,14H2,1-3H3,(H,26,31). The number of benzene rings is 2. The first kappa shape index (κ1) is 26.0. The van der Waals surface area contributed by atoms with Crippen LogP contribution >= 0.6 is 23.1 Å². The lowest BCUT2D eigenvalue weighted by Crippen LogP contribution is -2.16. The summed E-state index contributed by atoms with van der Waals surface area (Å²) in [5.74, 6) is -0.276. The van der Waals surface area contributed by atoms with Crippen LogP contribution < -0.4 is 5.32 Å². The minimum atomic E-state index is -0.469. The summed E-state index contributed by atoms with van der Waals surface area (Å²) in [5.41, 5.74) is 2.54. The summed E-state index contributed by atoms with van der Waals surface area (Å²) in [6, 6.07) is 15.4. The molecule has 0 saturated heterocycles. The number of aromatic nitrogens is 3. The van der Waals surface area contributed by atoms with Gasteiger partial charge in [-0.25, -0.2) is 4.79 Å². The Hall–Kier alpha value is -4.03. The molecule has 0 unspecified atom stereocenters. The zero-order chi connectivity index (χ0) is 26.5. The van der Waals surface area contributed by atoms with Crippen LogP contribution in [0, 0.1) is 24.0 Å². The highest BCUT2D eigenvalue weighted by atomic mass is 32.2. The number of carbonyl (C=O) groups excluding carboxylic acids is 2. The Bertz CT molecular complexity index is 1450. The molecule has 190 valence electrons. The smallest absolute Gasteiger partial charge is 0.341 e. The van der Waals surface area contributed by atoms with Gasteiger partial charge < -0.3 is 10.1 Å². The van der Waals surface area contributed by atoms with Gasteiger partial charge in [0, 0.05) is 28.3 Å². The number of para-hydroxylation sites is 1. The lowest BCUT2D eigenvalue weighted by Gasteiger charge is -2.10. The lowest BCUT2D eigenvalue weighted by atomic mass is 10.1. The van der Waals surface area contributed by atoms with E-state index in [1.165, 1.54) is 35.2 Å². The Morgan fingerprint density at radius 1 is 1.11 bits per heavy atom. The number of esters is 1. The highest BCUT2D eigenvalue weighted by Gasteiger charge is 2.23. The predicted octanol–water partition coefficient (Wildman–Crippen LogP) is 5.43. The quantitative estimate of drug-likeness (QED) is 0.130. The van der Waals surface area contributed by atoms with Crippen LogP contribution in [-0.4, -0.2) is 43.9 Å². The fourth-order valence-electron chi connectivity index (χ4n) is 3.55. The molecular weight excluding hydrogens is 514 g/mol. The number of nitro benzene ring substituents is 1. The SMILES string of the molecule is CCOC(=O)c1c(NC(=O)CSc2nnc(-c3ccc([N+](=O)[O-])cc3)n2-c2ccccc2)sc(C)c1C. The largest absolute Gasteiger partial charge is 0.462 e. The van der Waals surface area contributed by atoms with E-state index in [2.05, 4.69) is 15.5 Å². The number of hydrogen-bond donors (Lipinski definition) is 1. The first-order valence-electron chi connectivity index (χ1n) is 11.3. The minimum Gasteiger partial charge on any atom is -0.462 e. The maximum Gasteiger partial charge on any atom is 0.341 e. The third kappa shape index (κ3) is 5.70. The van der Waals surface area contributed by atoms with Gasteiger partial charge in [-0.05, 0) is 50.6 Å². The van der Waals surface area contributed by atoms with Crippen LogP contribution in [0.3, 0.4) is 0 Å². The minimum absolute atomic E-state index is 0.0174. The van der Waals surface area contributed by atoms with Gasteiger partial charge in [0.05, 0.1) is 22.8 Å². The summed E-state index contributed by atoms with van der Waals surface area (Å²) in [5, 5.41) is 23.4. The van der Waals surface area contributed by atoms with E-state index >= 15 is 0 Å². The zero-order valence-corrected chi connectivity index (χ0v) is 21.9. The fraction of sp³-hybridized carbons (Fsp3) is 0.200. The lowest BCUT2D eigenvalue weighted by molar-refractivity contribution is -0.384. The molecule has 2 heterocycles. The number of rotatable bonds is 9. The summed E-state index contributed by atoms with van der Waals surface area (Å²) in [6.07, 6.45) is 0. The van der Waals surface area contributed by atoms with E-state index in [0.717, 1.165) is 16.1 Å². The van der Waals surface area contributed by atoms with Crippen molar-refractivity contribution in [1.82, 2.24) is 14.8 Å². The second-order valence-electron chi connectivity index (χ2n) is 7.83. The molecule has 12 heteroatoms. The number of hydrogen-bond acceptors (Lipinski definition) is 9. The molecule has 4 aromatic rings. The molecule has 0 saturated carbocycles. The maximum absolute atomic E-state index is 12.9. The van der Waals surface area contributed by atoms with Gasteiger partial charge in [-0.3, -0.25) is 19.5 Å². The number of nitrogens with one attached hydrogen (secondary N) is 1. The molecule has 0 radical (unpaired) electrons. The predicted molar refractivity (Wildman–Crippen MR) is 143 cm³/mol. The van der Waals surface area contributed by atoms with E-state index in [1.807, 2.05) is 44.2 Å². The van der Waals surface area contributed by atoms with Crippen molar-refractivity contribution >= 4 is 45.7 Å². The van der Waals surface area contributed by atoms with E-state index in [1.54, 1.807) is 23.6 Å². The molecule has 1 N–H and O–H groups in total. The summed E-state index contributed by atoms with van der Waals surface area (Å²) >= 11 is 2.51. The van der Waals surface area contributed by atoms with Gasteiger partial charge in [-0.2, -0.15) is 0 Å². The van der Waals surface area contributed by atoms with Crippen molar-refractivity contribution in [2.75, 3.05) is 17.7 Å². The number of nitrogens with zero attached hydrogens (tertiary/aromatic N) is 4. The van der Waals surface area contributed by atoms with Crippen molar-refractivity contribution in [3.63, 3.8) is 0 Å². The number of aryl methyl sites for hydroxylation is 1. The normalized spacial score (nSPS) is 10.8. The van der Waals surface area contributed by atoms with E-state index in [-0.39, 0.29) is 24.0 Å². The molecule has 0 aliphatic carbocycles. The number of ether oxygens (including phenoxy) is 1. The number of anilines is 1. The number of thioether (sulfide) groups is 1. The number of carbonyl (C=O) groups is 2. The summed E-state index contributed by atoms with van der Waals surface area (Å²) in [7, 11) is 0. The Morgan fingerprint density at radius 3 is 2.46 bits per heavy atom. The Morgan fingerprint density at radius 2 is 1.81 bits per heavy atom. The number of nitro groups is 1. The van der Waals surface area contributed by atoms with Crippen molar-refractivity contribution in [1.29, 1.82) is 0 Å². The molecule has 4 rings (SSSR count). The van der Waals surface area contributed by atoms with Crippen molar-refractivity contribution in [3.8, 4) is 17.1 Å². The summed E-state index contributed by atoms with van der Waals surface area (Å²) < 4.78 is 6.95. The maximum atomic E-state index is 12.9. The number of amides is 1. The van der Waals surface area contributed by atoms with Crippen LogP contribution in [0.4, 0.5) is 10.7 Å². The molecule has 2 aromatic heterocycles. The Labute approximate surface area is 220 Å². The first-order chi connectivity index (χ1) is 17.8. The van der Waals surface area contributed by atoms with E-state index in [9.17, 15) is 19.7 Å². The average Bonchev–Trinajstić information content (AvgIpc) is 3.43. The monoisotopic (exact) mass is 537 g/mol. The van der Waals surface area contributed by atoms with Gasteiger partial charge in [-0.15, -0.1) is 21.5 Å². The second-order valence-corrected chi connectivity index (χ2v) is 9.99. The number of thiophene rings is 1. The second kappa shape index (κ2) is 11.4. The van der Waals surface area contributed by atoms with Crippen molar-refractivity contribution in [2.45, 2.75) is 25.9 Å². The summed E-state index contributed by atoms with van der Waals surface area (Å²) in [6.45, 7) is 5.68. The van der Waals surface area contributed by atoms with Crippen molar-refractivity contribution < 1.29 is 19.2 Å². The topological polar surface area (TPSA) is 129 Å². The molecule has 1 amide bonds. The molecule has 0 aliphatic rings. The zero-order valence-electron chi connectivity index (χ0n) is 20.3.